The first-order chi connectivity index (χ1) is 11.9. The number of nitrogens with two attached hydrogens (primary N) is 1. The summed E-state index contributed by atoms with van der Waals surface area (Å²) in [6.45, 7) is 0. The third-order valence-electron chi connectivity index (χ3n) is 3.40. The lowest BCUT2D eigenvalue weighted by Gasteiger charge is -2.18. The highest BCUT2D eigenvalue weighted by Crippen LogP contribution is 2.43. The number of primary amides is 1. The van der Waals surface area contributed by atoms with E-state index in [0.29, 0.717) is 0 Å². The van der Waals surface area contributed by atoms with Gasteiger partial charge in [-0.05, 0) is 12.1 Å². The zero-order chi connectivity index (χ0) is 18.0. The molecule has 3 heterocycles. The van der Waals surface area contributed by atoms with Crippen molar-refractivity contribution in [2.75, 3.05) is 0 Å². The summed E-state index contributed by atoms with van der Waals surface area (Å²) < 4.78 is 41.6. The predicted molar refractivity (Wildman–Crippen MR) is 82.0 cm³/mol. The van der Waals surface area contributed by atoms with E-state index in [0.717, 1.165) is 12.5 Å². The molecule has 0 saturated heterocycles. The van der Waals surface area contributed by atoms with Crippen LogP contribution in [-0.4, -0.2) is 25.8 Å². The van der Waals surface area contributed by atoms with Crippen molar-refractivity contribution in [2.24, 2.45) is 5.73 Å². The number of pyridine rings is 2. The van der Waals surface area contributed by atoms with Crippen molar-refractivity contribution in [3.8, 4) is 22.4 Å². The van der Waals surface area contributed by atoms with Gasteiger partial charge in [-0.15, -0.1) is 0 Å². The molecule has 0 spiro atoms. The van der Waals surface area contributed by atoms with Gasteiger partial charge >= 0.3 is 6.18 Å². The van der Waals surface area contributed by atoms with E-state index in [1.165, 1.54) is 36.8 Å². The Labute approximate surface area is 139 Å². The SMILES string of the molecule is NC(=O)c1ncc(-c2ccncn2)c(C(F)(F)F)c1-c1cccnc1. The lowest BCUT2D eigenvalue weighted by molar-refractivity contribution is -0.136. The minimum absolute atomic E-state index is 0.0241. The van der Waals surface area contributed by atoms with Crippen LogP contribution in [-0.2, 0) is 6.18 Å². The summed E-state index contributed by atoms with van der Waals surface area (Å²) in [6.07, 6.45) is 1.21. The van der Waals surface area contributed by atoms with E-state index < -0.39 is 28.9 Å². The zero-order valence-corrected chi connectivity index (χ0v) is 12.5. The van der Waals surface area contributed by atoms with Gasteiger partial charge in [-0.2, -0.15) is 13.2 Å². The Bertz CT molecular complexity index is 914. The van der Waals surface area contributed by atoms with E-state index in [4.69, 9.17) is 5.73 Å². The molecule has 0 atom stereocenters. The monoisotopic (exact) mass is 345 g/mol. The highest BCUT2D eigenvalue weighted by Gasteiger charge is 2.39. The largest absolute Gasteiger partial charge is 0.417 e. The number of aromatic nitrogens is 4. The Balaban J connectivity index is 2.43. The van der Waals surface area contributed by atoms with Crippen molar-refractivity contribution in [2.45, 2.75) is 6.18 Å². The van der Waals surface area contributed by atoms with Crippen molar-refractivity contribution < 1.29 is 18.0 Å². The van der Waals surface area contributed by atoms with E-state index >= 15 is 0 Å². The van der Waals surface area contributed by atoms with E-state index in [1.54, 1.807) is 0 Å². The van der Waals surface area contributed by atoms with Crippen molar-refractivity contribution in [1.29, 1.82) is 0 Å². The molecule has 1 amide bonds. The van der Waals surface area contributed by atoms with Crippen LogP contribution in [0.2, 0.25) is 0 Å². The van der Waals surface area contributed by atoms with Crippen LogP contribution in [0.25, 0.3) is 22.4 Å². The lowest BCUT2D eigenvalue weighted by Crippen LogP contribution is -2.19. The third-order valence-corrected chi connectivity index (χ3v) is 3.40. The Morgan fingerprint density at radius 2 is 1.84 bits per heavy atom. The van der Waals surface area contributed by atoms with Gasteiger partial charge in [0, 0.05) is 41.5 Å². The van der Waals surface area contributed by atoms with Crippen molar-refractivity contribution in [3.63, 3.8) is 0 Å². The van der Waals surface area contributed by atoms with E-state index in [-0.39, 0.29) is 16.8 Å². The van der Waals surface area contributed by atoms with Gasteiger partial charge in [0.15, 0.2) is 0 Å². The van der Waals surface area contributed by atoms with Crippen molar-refractivity contribution in [1.82, 2.24) is 19.9 Å². The lowest BCUT2D eigenvalue weighted by atomic mass is 9.93. The standard InChI is InChI=1S/C16H10F3N5O/c17-16(18,19)13-10(11-3-5-22-8-24-11)7-23-14(15(20)25)12(13)9-2-1-4-21-6-9/h1-8H,(H2,20,25). The molecule has 0 radical (unpaired) electrons. The quantitative estimate of drug-likeness (QED) is 0.787. The fraction of sp³-hybridized carbons (Fsp3) is 0.0625. The summed E-state index contributed by atoms with van der Waals surface area (Å²) in [6, 6.07) is 4.18. The van der Waals surface area contributed by atoms with Gasteiger partial charge in [0.05, 0.1) is 11.3 Å². The van der Waals surface area contributed by atoms with Gasteiger partial charge in [0.1, 0.15) is 12.0 Å². The number of halogens is 3. The first-order valence-corrected chi connectivity index (χ1v) is 6.96. The van der Waals surface area contributed by atoms with E-state index in [2.05, 4.69) is 19.9 Å². The summed E-state index contributed by atoms with van der Waals surface area (Å²) in [5, 5.41) is 0. The van der Waals surface area contributed by atoms with Crippen LogP contribution in [0.15, 0.2) is 49.3 Å². The molecule has 0 saturated carbocycles. The van der Waals surface area contributed by atoms with Crippen LogP contribution >= 0.6 is 0 Å². The van der Waals surface area contributed by atoms with Gasteiger partial charge in [0.2, 0.25) is 0 Å². The molecule has 25 heavy (non-hydrogen) atoms. The molecule has 2 N–H and O–H groups in total. The second-order valence-electron chi connectivity index (χ2n) is 4.97. The van der Waals surface area contributed by atoms with Crippen molar-refractivity contribution >= 4 is 5.91 Å². The molecule has 3 aromatic rings. The van der Waals surface area contributed by atoms with Gasteiger partial charge < -0.3 is 5.73 Å². The molecule has 0 aliphatic carbocycles. The Kier molecular flexibility index (Phi) is 4.14. The van der Waals surface area contributed by atoms with Crippen LogP contribution in [0.3, 0.4) is 0 Å². The second kappa shape index (κ2) is 6.27. The number of carbonyl (C=O) groups excluding carboxylic acids is 1. The molecule has 6 nitrogen and oxygen atoms in total. The molecule has 0 bridgehead atoms. The summed E-state index contributed by atoms with van der Waals surface area (Å²) >= 11 is 0. The fourth-order valence-electron chi connectivity index (χ4n) is 2.43. The molecule has 126 valence electrons. The molecular formula is C16H10F3N5O. The third kappa shape index (κ3) is 3.16. The van der Waals surface area contributed by atoms with Gasteiger partial charge in [-0.1, -0.05) is 6.07 Å². The smallest absolute Gasteiger partial charge is 0.364 e. The fourth-order valence-corrected chi connectivity index (χ4v) is 2.43. The maximum absolute atomic E-state index is 13.9. The van der Waals surface area contributed by atoms with Gasteiger partial charge in [0.25, 0.3) is 5.91 Å². The van der Waals surface area contributed by atoms with E-state index in [9.17, 15) is 18.0 Å². The van der Waals surface area contributed by atoms with Crippen LogP contribution in [0, 0.1) is 0 Å². The summed E-state index contributed by atoms with van der Waals surface area (Å²) in [5.74, 6) is -1.07. The number of amides is 1. The molecule has 0 aromatic carbocycles. The number of nitrogens with zero attached hydrogens (tertiary/aromatic N) is 4. The van der Waals surface area contributed by atoms with Crippen LogP contribution in [0.4, 0.5) is 13.2 Å². The average molecular weight is 345 g/mol. The topological polar surface area (TPSA) is 94.7 Å². The normalized spacial score (nSPS) is 11.3. The summed E-state index contributed by atoms with van der Waals surface area (Å²) in [7, 11) is 0. The average Bonchev–Trinajstić information content (AvgIpc) is 2.61. The highest BCUT2D eigenvalue weighted by atomic mass is 19.4. The molecule has 0 fully saturated rings. The second-order valence-corrected chi connectivity index (χ2v) is 4.97. The number of hydrogen-bond donors (Lipinski definition) is 1. The molecule has 0 aliphatic heterocycles. The molecule has 3 rings (SSSR count). The highest BCUT2D eigenvalue weighted by molar-refractivity contribution is 6.00. The van der Waals surface area contributed by atoms with E-state index in [1.807, 2.05) is 0 Å². The Morgan fingerprint density at radius 3 is 2.40 bits per heavy atom. The molecule has 3 aromatic heterocycles. The van der Waals surface area contributed by atoms with Crippen molar-refractivity contribution in [3.05, 3.63) is 60.6 Å². The number of carbonyl (C=O) groups is 1. The van der Waals surface area contributed by atoms with Crippen LogP contribution < -0.4 is 5.73 Å². The molecule has 9 heteroatoms. The first-order valence-electron chi connectivity index (χ1n) is 6.96. The number of hydrogen-bond acceptors (Lipinski definition) is 5. The minimum atomic E-state index is -4.78. The van der Waals surface area contributed by atoms with Crippen LogP contribution in [0.5, 0.6) is 0 Å². The maximum Gasteiger partial charge on any atom is 0.417 e. The number of rotatable bonds is 3. The van der Waals surface area contributed by atoms with Gasteiger partial charge in [-0.3, -0.25) is 9.78 Å². The Morgan fingerprint density at radius 1 is 1.04 bits per heavy atom. The summed E-state index contributed by atoms with van der Waals surface area (Å²) in [4.78, 5) is 26.9. The molecule has 0 unspecified atom stereocenters. The molecular weight excluding hydrogens is 335 g/mol. The van der Waals surface area contributed by atoms with Crippen LogP contribution in [0.1, 0.15) is 16.1 Å². The van der Waals surface area contributed by atoms with Gasteiger partial charge in [-0.25, -0.2) is 15.0 Å². The maximum atomic E-state index is 13.9. The number of alkyl halides is 3. The zero-order valence-electron chi connectivity index (χ0n) is 12.5. The summed E-state index contributed by atoms with van der Waals surface area (Å²) in [5.41, 5.74) is 3.09. The predicted octanol–water partition coefficient (Wildman–Crippen LogP) is 2.72. The first kappa shape index (κ1) is 16.5. The molecule has 0 aliphatic rings. The minimum Gasteiger partial charge on any atom is -0.364 e. The Hall–Kier alpha value is -3.36.